The van der Waals surface area contributed by atoms with Crippen molar-refractivity contribution in [2.75, 3.05) is 26.3 Å². The highest BCUT2D eigenvalue weighted by Gasteiger charge is 2.58. The first-order valence-electron chi connectivity index (χ1n) is 11.8. The molecule has 4 unspecified atom stereocenters. The van der Waals surface area contributed by atoms with E-state index in [-0.39, 0.29) is 0 Å². The first kappa shape index (κ1) is 21.3. The van der Waals surface area contributed by atoms with E-state index in [1.165, 1.54) is 50.6 Å². The lowest BCUT2D eigenvalue weighted by molar-refractivity contribution is 0.153. The van der Waals surface area contributed by atoms with Crippen LogP contribution in [0.4, 0.5) is 0 Å². The Morgan fingerprint density at radius 3 is 2.17 bits per heavy atom. The maximum Gasteiger partial charge on any atom is 0.0587 e. The lowest BCUT2D eigenvalue weighted by Crippen LogP contribution is -2.31. The second-order valence-corrected chi connectivity index (χ2v) is 10.2. The van der Waals surface area contributed by atoms with E-state index in [2.05, 4.69) is 54.4 Å². The molecule has 4 aliphatic rings. The van der Waals surface area contributed by atoms with Gasteiger partial charge in [0.15, 0.2) is 0 Å². The number of aliphatic hydroxyl groups excluding tert-OH is 2. The van der Waals surface area contributed by atoms with Crippen LogP contribution < -0.4 is 5.32 Å². The van der Waals surface area contributed by atoms with Crippen LogP contribution in [0.5, 0.6) is 0 Å². The largest absolute Gasteiger partial charge is 0.395 e. The van der Waals surface area contributed by atoms with Crippen molar-refractivity contribution in [2.24, 2.45) is 22.7 Å². The number of likely N-dealkylation sites (tertiary alicyclic amines) is 1. The number of hydrogen-bond acceptors (Lipinski definition) is 4. The lowest BCUT2D eigenvalue weighted by atomic mass is 9.99. The van der Waals surface area contributed by atoms with Gasteiger partial charge in [0.2, 0.25) is 0 Å². The molecule has 1 aromatic rings. The van der Waals surface area contributed by atoms with Gasteiger partial charge in [-0.2, -0.15) is 0 Å². The Morgan fingerprint density at radius 1 is 0.931 bits per heavy atom. The monoisotopic (exact) mass is 400 g/mol. The summed E-state index contributed by atoms with van der Waals surface area (Å²) in [4.78, 5) is 2.49. The summed E-state index contributed by atoms with van der Waals surface area (Å²) in [6, 6.07) is 11.4. The predicted octanol–water partition coefficient (Wildman–Crippen LogP) is 3.43. The van der Waals surface area contributed by atoms with Crippen molar-refractivity contribution in [3.05, 3.63) is 35.9 Å². The quantitative estimate of drug-likeness (QED) is 0.685. The minimum absolute atomic E-state index is 0.311. The molecule has 2 heterocycles. The number of aliphatic hydroxyl groups is 2. The number of rotatable bonds is 6. The molecule has 0 amide bonds. The highest BCUT2D eigenvalue weighted by molar-refractivity contribution is 5.17. The fourth-order valence-corrected chi connectivity index (χ4v) is 6.42. The van der Waals surface area contributed by atoms with E-state index in [9.17, 15) is 5.11 Å². The Kier molecular flexibility index (Phi) is 6.36. The van der Waals surface area contributed by atoms with Gasteiger partial charge in [0.25, 0.3) is 0 Å². The van der Waals surface area contributed by atoms with Gasteiger partial charge in [0.05, 0.1) is 13.2 Å². The summed E-state index contributed by atoms with van der Waals surface area (Å²) in [5.74, 6) is 1.86. The molecule has 2 aliphatic heterocycles. The SMILES string of the molecule is CC[C@@H]1CC12CC(CO)N(Cc1ccccc1)C2.CC[C@@H]1CC12CNC(CO)C2. The van der Waals surface area contributed by atoms with Crippen molar-refractivity contribution in [1.29, 1.82) is 0 Å². The number of nitrogens with one attached hydrogen (secondary N) is 1. The zero-order valence-corrected chi connectivity index (χ0v) is 18.3. The maximum absolute atomic E-state index is 9.59. The fraction of sp³-hybridized carbons (Fsp3) is 0.760. The minimum Gasteiger partial charge on any atom is -0.395 e. The molecule has 6 atom stereocenters. The molecule has 1 aromatic carbocycles. The molecule has 2 saturated carbocycles. The Hall–Kier alpha value is -0.940. The molecule has 4 nitrogen and oxygen atoms in total. The molecule has 2 saturated heterocycles. The summed E-state index contributed by atoms with van der Waals surface area (Å²) in [5, 5.41) is 21.9. The molecule has 0 aromatic heterocycles. The Bertz CT molecular complexity index is 664. The molecular formula is C25H40N2O2. The van der Waals surface area contributed by atoms with Crippen LogP contribution in [0, 0.1) is 22.7 Å². The van der Waals surface area contributed by atoms with Crippen molar-refractivity contribution >= 4 is 0 Å². The Balaban J connectivity index is 0.000000159. The molecule has 0 bridgehead atoms. The summed E-state index contributed by atoms with van der Waals surface area (Å²) < 4.78 is 0. The van der Waals surface area contributed by atoms with Crippen molar-refractivity contribution in [3.8, 4) is 0 Å². The fourth-order valence-electron chi connectivity index (χ4n) is 6.42. The predicted molar refractivity (Wildman–Crippen MR) is 117 cm³/mol. The van der Waals surface area contributed by atoms with Gasteiger partial charge >= 0.3 is 0 Å². The number of nitrogens with zero attached hydrogens (tertiary/aromatic N) is 1. The van der Waals surface area contributed by atoms with Gasteiger partial charge in [-0.15, -0.1) is 0 Å². The van der Waals surface area contributed by atoms with E-state index in [0.717, 1.165) is 24.9 Å². The molecule has 4 heteroatoms. The van der Waals surface area contributed by atoms with E-state index in [1.807, 2.05) is 0 Å². The smallest absolute Gasteiger partial charge is 0.0587 e. The molecule has 3 N–H and O–H groups in total. The number of benzene rings is 1. The normalized spacial score (nSPS) is 40.3. The lowest BCUT2D eigenvalue weighted by Gasteiger charge is -2.22. The standard InChI is InChI=1S/C16H23NO.C9H17NO/c1-2-14-8-16(14)9-15(11-18)17(12-16)10-13-6-4-3-5-7-13;1-2-7-3-9(7)4-8(5-11)10-6-9/h3-7,14-15,18H,2,8-12H2,1H3;7-8,10-11H,2-6H2,1H3/t14-,15?,16?;7-,8?,9?/m11/s1. The number of hydrogen-bond donors (Lipinski definition) is 3. The highest BCUT2D eigenvalue weighted by Crippen LogP contribution is 2.61. The van der Waals surface area contributed by atoms with E-state index in [0.29, 0.717) is 36.1 Å². The third-order valence-electron chi connectivity index (χ3n) is 8.44. The van der Waals surface area contributed by atoms with E-state index < -0.39 is 0 Å². The van der Waals surface area contributed by atoms with Crippen molar-refractivity contribution in [1.82, 2.24) is 10.2 Å². The topological polar surface area (TPSA) is 55.7 Å². The van der Waals surface area contributed by atoms with Gasteiger partial charge in [0, 0.05) is 31.7 Å². The van der Waals surface area contributed by atoms with E-state index >= 15 is 0 Å². The molecule has 2 spiro atoms. The van der Waals surface area contributed by atoms with E-state index in [1.54, 1.807) is 0 Å². The summed E-state index contributed by atoms with van der Waals surface area (Å²) >= 11 is 0. The summed E-state index contributed by atoms with van der Waals surface area (Å²) in [7, 11) is 0. The van der Waals surface area contributed by atoms with Crippen LogP contribution in [0.25, 0.3) is 0 Å². The molecule has 2 aliphatic carbocycles. The van der Waals surface area contributed by atoms with Crippen LogP contribution in [0.15, 0.2) is 30.3 Å². The molecule has 4 fully saturated rings. The van der Waals surface area contributed by atoms with Gasteiger partial charge in [-0.25, -0.2) is 0 Å². The van der Waals surface area contributed by atoms with Gasteiger partial charge in [-0.1, -0.05) is 57.0 Å². The van der Waals surface area contributed by atoms with Crippen LogP contribution in [-0.2, 0) is 6.54 Å². The second kappa shape index (κ2) is 8.66. The summed E-state index contributed by atoms with van der Waals surface area (Å²) in [6.07, 6.45) is 7.81. The van der Waals surface area contributed by atoms with Crippen LogP contribution >= 0.6 is 0 Å². The average molecular weight is 401 g/mol. The Morgan fingerprint density at radius 2 is 1.62 bits per heavy atom. The Labute approximate surface area is 176 Å². The summed E-state index contributed by atoms with van der Waals surface area (Å²) in [6.45, 7) is 8.52. The summed E-state index contributed by atoms with van der Waals surface area (Å²) in [5.41, 5.74) is 2.53. The average Bonchev–Trinajstić information content (AvgIpc) is 3.51. The molecule has 0 radical (unpaired) electrons. The van der Waals surface area contributed by atoms with Crippen LogP contribution in [0.1, 0.15) is 57.9 Å². The molecule has 162 valence electrons. The first-order valence-corrected chi connectivity index (χ1v) is 11.8. The zero-order valence-electron chi connectivity index (χ0n) is 18.3. The van der Waals surface area contributed by atoms with Crippen molar-refractivity contribution in [2.45, 2.75) is 71.0 Å². The highest BCUT2D eigenvalue weighted by atomic mass is 16.3. The van der Waals surface area contributed by atoms with Gasteiger partial charge in [-0.3, -0.25) is 4.90 Å². The van der Waals surface area contributed by atoms with Gasteiger partial charge < -0.3 is 15.5 Å². The van der Waals surface area contributed by atoms with Gasteiger partial charge in [-0.05, 0) is 53.9 Å². The van der Waals surface area contributed by atoms with Crippen LogP contribution in [-0.4, -0.2) is 53.5 Å². The first-order chi connectivity index (χ1) is 14.1. The second-order valence-electron chi connectivity index (χ2n) is 10.2. The molecule has 29 heavy (non-hydrogen) atoms. The minimum atomic E-state index is 0.311. The van der Waals surface area contributed by atoms with Gasteiger partial charge in [0.1, 0.15) is 0 Å². The molecular weight excluding hydrogens is 360 g/mol. The maximum atomic E-state index is 9.59. The van der Waals surface area contributed by atoms with Crippen molar-refractivity contribution in [3.63, 3.8) is 0 Å². The zero-order chi connectivity index (χ0) is 20.5. The van der Waals surface area contributed by atoms with E-state index in [4.69, 9.17) is 5.11 Å². The van der Waals surface area contributed by atoms with Crippen LogP contribution in [0.2, 0.25) is 0 Å². The molecule has 5 rings (SSSR count). The van der Waals surface area contributed by atoms with Crippen LogP contribution in [0.3, 0.4) is 0 Å². The third-order valence-corrected chi connectivity index (χ3v) is 8.44. The third kappa shape index (κ3) is 4.41. The van der Waals surface area contributed by atoms with Crippen molar-refractivity contribution < 1.29 is 10.2 Å².